The molecule has 2 aromatic rings. The normalized spacial score (nSPS) is 26.7. The number of oxime groups is 1. The molecule has 0 saturated carbocycles. The number of amides is 1. The summed E-state index contributed by atoms with van der Waals surface area (Å²) in [6, 6.07) is 8.72. The zero-order valence-electron chi connectivity index (χ0n) is 16.4. The Bertz CT molecular complexity index is 1030. The fourth-order valence-electron chi connectivity index (χ4n) is 5.70. The lowest BCUT2D eigenvalue weighted by Gasteiger charge is -2.53. The van der Waals surface area contributed by atoms with Crippen LogP contribution in [0.2, 0.25) is 0 Å². The summed E-state index contributed by atoms with van der Waals surface area (Å²) in [7, 11) is 0. The molecule has 146 valence electrons. The maximum absolute atomic E-state index is 13.2. The standard InChI is InChI=1S/C22H26N4O2/c1-3-22-10-6-11-25-12-9-16-15-7-4-5-8-17(15)26(19(16)20(22)25)18(13-22)21(27)23-14(2)24-28/h4-5,7-8,13,20,28H,3,6,9-12H2,1-2H3,(H,23,24,27)/t20?,22-/m0/s1. The molecule has 6 heteroatoms. The minimum absolute atomic E-state index is 0.0330. The van der Waals surface area contributed by atoms with Crippen molar-refractivity contribution in [3.05, 3.63) is 41.6 Å². The van der Waals surface area contributed by atoms with Gasteiger partial charge in [-0.3, -0.25) is 9.69 Å². The monoisotopic (exact) mass is 378 g/mol. The van der Waals surface area contributed by atoms with E-state index < -0.39 is 0 Å². The van der Waals surface area contributed by atoms with Crippen LogP contribution >= 0.6 is 0 Å². The van der Waals surface area contributed by atoms with E-state index in [1.165, 1.54) is 16.6 Å². The number of aromatic nitrogens is 1. The minimum atomic E-state index is -0.215. The number of piperidine rings is 1. The Morgan fingerprint density at radius 3 is 2.96 bits per heavy atom. The number of benzene rings is 1. The molecule has 5 rings (SSSR count). The third kappa shape index (κ3) is 2.24. The minimum Gasteiger partial charge on any atom is -0.409 e. The van der Waals surface area contributed by atoms with Crippen LogP contribution in [0.5, 0.6) is 0 Å². The van der Waals surface area contributed by atoms with E-state index in [2.05, 4.69) is 51.1 Å². The van der Waals surface area contributed by atoms with E-state index in [1.54, 1.807) is 6.92 Å². The largest absolute Gasteiger partial charge is 0.409 e. The van der Waals surface area contributed by atoms with Crippen molar-refractivity contribution in [2.24, 2.45) is 10.6 Å². The van der Waals surface area contributed by atoms with Crippen molar-refractivity contribution in [1.29, 1.82) is 0 Å². The van der Waals surface area contributed by atoms with Gasteiger partial charge in [0, 0.05) is 23.0 Å². The lowest BCUT2D eigenvalue weighted by Crippen LogP contribution is -2.51. The number of hydrogen-bond acceptors (Lipinski definition) is 4. The van der Waals surface area contributed by atoms with Crippen LogP contribution in [0.15, 0.2) is 35.5 Å². The van der Waals surface area contributed by atoms with Gasteiger partial charge in [0.1, 0.15) is 11.5 Å². The summed E-state index contributed by atoms with van der Waals surface area (Å²) in [5.41, 5.74) is 4.39. The van der Waals surface area contributed by atoms with Crippen LogP contribution in [-0.2, 0) is 11.2 Å². The first kappa shape index (κ1) is 17.5. The summed E-state index contributed by atoms with van der Waals surface area (Å²) < 4.78 is 2.17. The Morgan fingerprint density at radius 1 is 1.36 bits per heavy atom. The lowest BCUT2D eigenvalue weighted by molar-refractivity contribution is -0.114. The molecule has 4 heterocycles. The fraction of sp³-hybridized carbons (Fsp3) is 0.455. The van der Waals surface area contributed by atoms with Crippen LogP contribution in [0, 0.1) is 5.41 Å². The van der Waals surface area contributed by atoms with E-state index in [9.17, 15) is 4.79 Å². The van der Waals surface area contributed by atoms with Gasteiger partial charge < -0.3 is 15.1 Å². The maximum atomic E-state index is 13.2. The first-order valence-corrected chi connectivity index (χ1v) is 10.2. The van der Waals surface area contributed by atoms with Crippen LogP contribution in [0.4, 0.5) is 0 Å². The van der Waals surface area contributed by atoms with Gasteiger partial charge in [0.05, 0.1) is 11.6 Å². The number of carbonyl (C=O) groups excluding carboxylic acids is 1. The van der Waals surface area contributed by atoms with Crippen LogP contribution in [0.25, 0.3) is 16.6 Å². The number of nitrogens with one attached hydrogen (secondary N) is 1. The Kier molecular flexibility index (Phi) is 3.88. The highest BCUT2D eigenvalue weighted by Gasteiger charge is 2.50. The number of fused-ring (bicyclic) bond motifs is 3. The predicted octanol–water partition coefficient (Wildman–Crippen LogP) is 3.51. The average molecular weight is 378 g/mol. The van der Waals surface area contributed by atoms with Crippen LogP contribution < -0.4 is 5.32 Å². The van der Waals surface area contributed by atoms with Gasteiger partial charge in [0.25, 0.3) is 5.91 Å². The SMILES string of the molecule is CC[C@@]12C=C(C(=O)N/C(C)=N\O)n3c4c(c5ccccc53)CCN(CCC1)C42. The molecule has 0 bridgehead atoms. The maximum Gasteiger partial charge on any atom is 0.273 e. The van der Waals surface area contributed by atoms with Gasteiger partial charge in [-0.25, -0.2) is 0 Å². The molecule has 1 amide bonds. The summed E-state index contributed by atoms with van der Waals surface area (Å²) in [5.74, 6) is -0.0120. The molecule has 1 aromatic carbocycles. The summed E-state index contributed by atoms with van der Waals surface area (Å²) in [6.45, 7) is 6.03. The first-order chi connectivity index (χ1) is 13.6. The van der Waals surface area contributed by atoms with E-state index in [0.717, 1.165) is 44.3 Å². The molecule has 1 aromatic heterocycles. The van der Waals surface area contributed by atoms with Crippen molar-refractivity contribution < 1.29 is 10.0 Å². The fourth-order valence-corrected chi connectivity index (χ4v) is 5.70. The second-order valence-corrected chi connectivity index (χ2v) is 8.26. The molecule has 2 N–H and O–H groups in total. The highest BCUT2D eigenvalue weighted by atomic mass is 16.4. The third-order valence-corrected chi connectivity index (χ3v) is 6.93. The number of rotatable bonds is 2. The molecule has 3 aliphatic heterocycles. The molecule has 1 fully saturated rings. The molecule has 1 saturated heterocycles. The quantitative estimate of drug-likeness (QED) is 0.364. The molecular weight excluding hydrogens is 352 g/mol. The number of hydrogen-bond donors (Lipinski definition) is 2. The van der Waals surface area contributed by atoms with Crippen molar-refractivity contribution in [3.8, 4) is 0 Å². The molecule has 6 nitrogen and oxygen atoms in total. The second-order valence-electron chi connectivity index (χ2n) is 8.26. The van der Waals surface area contributed by atoms with Gasteiger partial charge >= 0.3 is 0 Å². The topological polar surface area (TPSA) is 69.9 Å². The van der Waals surface area contributed by atoms with Gasteiger partial charge in [0.2, 0.25) is 0 Å². The molecule has 0 spiro atoms. The Labute approximate surface area is 164 Å². The predicted molar refractivity (Wildman–Crippen MR) is 109 cm³/mol. The smallest absolute Gasteiger partial charge is 0.273 e. The molecule has 2 atom stereocenters. The van der Waals surface area contributed by atoms with Gasteiger partial charge in [-0.15, -0.1) is 0 Å². The summed E-state index contributed by atoms with van der Waals surface area (Å²) in [4.78, 5) is 15.8. The molecular formula is C22H26N4O2. The molecule has 0 radical (unpaired) electrons. The number of nitrogens with zero attached hydrogens (tertiary/aromatic N) is 3. The second kappa shape index (κ2) is 6.21. The summed E-state index contributed by atoms with van der Waals surface area (Å²) >= 11 is 0. The van der Waals surface area contributed by atoms with Gasteiger partial charge in [-0.05, 0) is 56.9 Å². The zero-order chi connectivity index (χ0) is 19.5. The highest BCUT2D eigenvalue weighted by Crippen LogP contribution is 2.56. The Morgan fingerprint density at radius 2 is 2.18 bits per heavy atom. The van der Waals surface area contributed by atoms with E-state index in [1.807, 2.05) is 6.07 Å². The average Bonchev–Trinajstić information content (AvgIpc) is 3.07. The van der Waals surface area contributed by atoms with Crippen LogP contribution in [-0.4, -0.2) is 39.5 Å². The molecule has 28 heavy (non-hydrogen) atoms. The van der Waals surface area contributed by atoms with E-state index >= 15 is 0 Å². The van der Waals surface area contributed by atoms with Crippen molar-refractivity contribution in [2.75, 3.05) is 13.1 Å². The highest BCUT2D eigenvalue weighted by molar-refractivity contribution is 6.21. The summed E-state index contributed by atoms with van der Waals surface area (Å²) in [6.07, 6.45) is 6.47. The van der Waals surface area contributed by atoms with Crippen LogP contribution in [0.1, 0.15) is 50.4 Å². The number of para-hydroxylation sites is 1. The summed E-state index contributed by atoms with van der Waals surface area (Å²) in [5, 5.41) is 16.1. The number of carbonyl (C=O) groups is 1. The zero-order valence-corrected chi connectivity index (χ0v) is 16.4. The Hall–Kier alpha value is -2.60. The molecule has 3 aliphatic rings. The van der Waals surface area contributed by atoms with E-state index in [-0.39, 0.29) is 17.2 Å². The van der Waals surface area contributed by atoms with Crippen LogP contribution in [0.3, 0.4) is 0 Å². The number of amidine groups is 1. The molecule has 0 aliphatic carbocycles. The van der Waals surface area contributed by atoms with Crippen molar-refractivity contribution in [3.63, 3.8) is 0 Å². The van der Waals surface area contributed by atoms with Crippen molar-refractivity contribution in [1.82, 2.24) is 14.8 Å². The van der Waals surface area contributed by atoms with Crippen molar-refractivity contribution >= 4 is 28.3 Å². The van der Waals surface area contributed by atoms with Gasteiger partial charge in [0.15, 0.2) is 0 Å². The van der Waals surface area contributed by atoms with Gasteiger partial charge in [-0.1, -0.05) is 30.3 Å². The van der Waals surface area contributed by atoms with Gasteiger partial charge in [-0.2, -0.15) is 0 Å². The van der Waals surface area contributed by atoms with E-state index in [0.29, 0.717) is 11.7 Å². The lowest BCUT2D eigenvalue weighted by atomic mass is 9.66. The first-order valence-electron chi connectivity index (χ1n) is 10.2. The van der Waals surface area contributed by atoms with Crippen molar-refractivity contribution in [2.45, 2.75) is 45.6 Å². The Balaban J connectivity index is 1.80. The third-order valence-electron chi connectivity index (χ3n) is 6.93. The molecule has 1 unspecified atom stereocenters. The van der Waals surface area contributed by atoms with E-state index in [4.69, 9.17) is 5.21 Å².